The van der Waals surface area contributed by atoms with E-state index < -0.39 is 0 Å². The number of nitrogens with one attached hydrogen (secondary N) is 1. The first-order valence-corrected chi connectivity index (χ1v) is 7.67. The summed E-state index contributed by atoms with van der Waals surface area (Å²) in [6.45, 7) is 0. The monoisotopic (exact) mass is 333 g/mol. The third-order valence-corrected chi connectivity index (χ3v) is 4.74. The summed E-state index contributed by atoms with van der Waals surface area (Å²) in [4.78, 5) is 0. The van der Waals surface area contributed by atoms with Crippen LogP contribution in [0.1, 0.15) is 22.7 Å². The number of hydrogen-bond donors (Lipinski definition) is 1. The third-order valence-electron chi connectivity index (χ3n) is 4.14. The predicted octanol–water partition coefficient (Wildman–Crippen LogP) is 4.26. The summed E-state index contributed by atoms with van der Waals surface area (Å²) in [6, 6.07) is 14.3. The second-order valence-electron chi connectivity index (χ2n) is 5.38. The zero-order valence-corrected chi connectivity index (χ0v) is 13.0. The number of rotatable bonds is 3. The van der Waals surface area contributed by atoms with Gasteiger partial charge in [-0.25, -0.2) is 4.39 Å². The first-order chi connectivity index (χ1) is 9.69. The Labute approximate surface area is 127 Å². The highest BCUT2D eigenvalue weighted by molar-refractivity contribution is 9.10. The summed E-state index contributed by atoms with van der Waals surface area (Å²) in [5.74, 6) is 0.323. The summed E-state index contributed by atoms with van der Waals surface area (Å²) >= 11 is 3.27. The molecule has 0 amide bonds. The third kappa shape index (κ3) is 2.52. The van der Waals surface area contributed by atoms with Gasteiger partial charge in [0.05, 0.1) is 4.47 Å². The lowest BCUT2D eigenvalue weighted by molar-refractivity contribution is 0.410. The summed E-state index contributed by atoms with van der Waals surface area (Å²) in [5.41, 5.74) is 4.01. The maximum Gasteiger partial charge on any atom is 0.137 e. The van der Waals surface area contributed by atoms with E-state index in [2.05, 4.69) is 45.5 Å². The minimum atomic E-state index is -0.200. The van der Waals surface area contributed by atoms with E-state index in [-0.39, 0.29) is 5.82 Å². The van der Waals surface area contributed by atoms with Crippen molar-refractivity contribution in [3.63, 3.8) is 0 Å². The molecule has 3 rings (SSSR count). The van der Waals surface area contributed by atoms with Crippen LogP contribution in [-0.4, -0.2) is 7.05 Å². The fourth-order valence-corrected chi connectivity index (χ4v) is 3.65. The van der Waals surface area contributed by atoms with E-state index in [4.69, 9.17) is 0 Å². The smallest absolute Gasteiger partial charge is 0.137 e. The Morgan fingerprint density at radius 2 is 2.05 bits per heavy atom. The average molecular weight is 334 g/mol. The minimum Gasteiger partial charge on any atom is -0.313 e. The topological polar surface area (TPSA) is 12.0 Å². The van der Waals surface area contributed by atoms with Crippen molar-refractivity contribution in [2.24, 2.45) is 5.92 Å². The molecule has 2 atom stereocenters. The summed E-state index contributed by atoms with van der Waals surface area (Å²) < 4.78 is 13.9. The average Bonchev–Trinajstić information content (AvgIpc) is 2.80. The standard InChI is InChI=1S/C17H17BrFN/c1-20-17-13(10-12-4-2-3-5-14(12)17)8-11-6-7-16(19)15(18)9-11/h2-7,9,13,17,20H,8,10H2,1H3. The van der Waals surface area contributed by atoms with Gasteiger partial charge in [-0.3, -0.25) is 0 Å². The fraction of sp³-hybridized carbons (Fsp3) is 0.294. The molecular formula is C17H17BrFN. The van der Waals surface area contributed by atoms with Crippen molar-refractivity contribution >= 4 is 15.9 Å². The van der Waals surface area contributed by atoms with Gasteiger partial charge in [0.2, 0.25) is 0 Å². The van der Waals surface area contributed by atoms with Gasteiger partial charge < -0.3 is 5.32 Å². The number of halogens is 2. The molecule has 2 aromatic rings. The van der Waals surface area contributed by atoms with E-state index in [1.54, 1.807) is 0 Å². The van der Waals surface area contributed by atoms with Crippen LogP contribution in [0.25, 0.3) is 0 Å². The number of hydrogen-bond acceptors (Lipinski definition) is 1. The van der Waals surface area contributed by atoms with Crippen molar-refractivity contribution in [2.75, 3.05) is 7.05 Å². The van der Waals surface area contributed by atoms with Crippen LogP contribution in [0.3, 0.4) is 0 Å². The van der Waals surface area contributed by atoms with Crippen molar-refractivity contribution in [2.45, 2.75) is 18.9 Å². The van der Waals surface area contributed by atoms with E-state index in [9.17, 15) is 4.39 Å². The molecule has 0 heterocycles. The summed E-state index contributed by atoms with van der Waals surface area (Å²) in [5, 5.41) is 3.43. The molecular weight excluding hydrogens is 317 g/mol. The highest BCUT2D eigenvalue weighted by Gasteiger charge is 2.30. The SMILES string of the molecule is CNC1c2ccccc2CC1Cc1ccc(F)c(Br)c1. The summed E-state index contributed by atoms with van der Waals surface area (Å²) in [6.07, 6.45) is 2.04. The van der Waals surface area contributed by atoms with Gasteiger partial charge in [-0.15, -0.1) is 0 Å². The molecule has 1 aliphatic rings. The second-order valence-corrected chi connectivity index (χ2v) is 6.24. The Hall–Kier alpha value is -1.19. The lowest BCUT2D eigenvalue weighted by Gasteiger charge is -2.20. The Balaban J connectivity index is 1.83. The van der Waals surface area contributed by atoms with Crippen LogP contribution in [0.5, 0.6) is 0 Å². The molecule has 104 valence electrons. The van der Waals surface area contributed by atoms with Gasteiger partial charge in [-0.05, 0) is 70.6 Å². The Kier molecular flexibility index (Phi) is 3.90. The van der Waals surface area contributed by atoms with E-state index in [0.717, 1.165) is 12.8 Å². The number of fused-ring (bicyclic) bond motifs is 1. The van der Waals surface area contributed by atoms with Gasteiger partial charge in [-0.2, -0.15) is 0 Å². The van der Waals surface area contributed by atoms with Gasteiger partial charge in [0, 0.05) is 6.04 Å². The molecule has 0 aromatic heterocycles. The Bertz CT molecular complexity index is 626. The van der Waals surface area contributed by atoms with Gasteiger partial charge in [0.25, 0.3) is 0 Å². The highest BCUT2D eigenvalue weighted by Crippen LogP contribution is 2.37. The molecule has 0 bridgehead atoms. The number of benzene rings is 2. The zero-order valence-electron chi connectivity index (χ0n) is 11.4. The molecule has 1 nitrogen and oxygen atoms in total. The van der Waals surface area contributed by atoms with E-state index in [0.29, 0.717) is 16.4 Å². The molecule has 1 N–H and O–H groups in total. The molecule has 3 heteroatoms. The predicted molar refractivity (Wildman–Crippen MR) is 83.2 cm³/mol. The Morgan fingerprint density at radius 1 is 1.25 bits per heavy atom. The molecule has 0 fully saturated rings. The molecule has 20 heavy (non-hydrogen) atoms. The quantitative estimate of drug-likeness (QED) is 0.884. The van der Waals surface area contributed by atoms with Gasteiger partial charge in [0.15, 0.2) is 0 Å². The largest absolute Gasteiger partial charge is 0.313 e. The first-order valence-electron chi connectivity index (χ1n) is 6.88. The van der Waals surface area contributed by atoms with Crippen molar-refractivity contribution in [1.29, 1.82) is 0 Å². The molecule has 0 aliphatic heterocycles. The van der Waals surface area contributed by atoms with Crippen LogP contribution in [0.15, 0.2) is 46.9 Å². The molecule has 1 aliphatic carbocycles. The van der Waals surface area contributed by atoms with Crippen molar-refractivity contribution in [1.82, 2.24) is 5.32 Å². The van der Waals surface area contributed by atoms with E-state index in [1.807, 2.05) is 19.2 Å². The zero-order chi connectivity index (χ0) is 14.1. The van der Waals surface area contributed by atoms with Crippen LogP contribution in [0.4, 0.5) is 4.39 Å². The Morgan fingerprint density at radius 3 is 2.80 bits per heavy atom. The van der Waals surface area contributed by atoms with Crippen molar-refractivity contribution < 1.29 is 4.39 Å². The molecule has 2 unspecified atom stereocenters. The molecule has 0 spiro atoms. The van der Waals surface area contributed by atoms with E-state index >= 15 is 0 Å². The molecule has 0 saturated carbocycles. The normalized spacial score (nSPS) is 20.9. The van der Waals surface area contributed by atoms with Crippen LogP contribution in [0.2, 0.25) is 0 Å². The van der Waals surface area contributed by atoms with Crippen LogP contribution >= 0.6 is 15.9 Å². The molecule has 0 radical (unpaired) electrons. The first kappa shape index (κ1) is 13.8. The maximum absolute atomic E-state index is 13.3. The van der Waals surface area contributed by atoms with Crippen molar-refractivity contribution in [3.05, 3.63) is 69.4 Å². The molecule has 0 saturated heterocycles. The van der Waals surface area contributed by atoms with Crippen molar-refractivity contribution in [3.8, 4) is 0 Å². The van der Waals surface area contributed by atoms with Crippen LogP contribution in [0, 0.1) is 11.7 Å². The summed E-state index contributed by atoms with van der Waals surface area (Å²) in [7, 11) is 2.01. The van der Waals surface area contributed by atoms with Crippen LogP contribution < -0.4 is 5.32 Å². The van der Waals surface area contributed by atoms with Gasteiger partial charge in [0.1, 0.15) is 5.82 Å². The van der Waals surface area contributed by atoms with E-state index in [1.165, 1.54) is 22.8 Å². The minimum absolute atomic E-state index is 0.200. The highest BCUT2D eigenvalue weighted by atomic mass is 79.9. The fourth-order valence-electron chi connectivity index (χ4n) is 3.23. The maximum atomic E-state index is 13.3. The lowest BCUT2D eigenvalue weighted by Crippen LogP contribution is -2.23. The van der Waals surface area contributed by atoms with Crippen LogP contribution in [-0.2, 0) is 12.8 Å². The van der Waals surface area contributed by atoms with Gasteiger partial charge >= 0.3 is 0 Å². The van der Waals surface area contributed by atoms with Gasteiger partial charge in [-0.1, -0.05) is 30.3 Å². The second kappa shape index (κ2) is 5.66. The molecule has 2 aromatic carbocycles. The lowest BCUT2D eigenvalue weighted by atomic mass is 9.93.